The number of anilines is 1. The van der Waals surface area contributed by atoms with Gasteiger partial charge in [-0.2, -0.15) is 0 Å². The van der Waals surface area contributed by atoms with Gasteiger partial charge >= 0.3 is 0 Å². The Bertz CT molecular complexity index is 1020. The van der Waals surface area contributed by atoms with Gasteiger partial charge in [0.2, 0.25) is 0 Å². The summed E-state index contributed by atoms with van der Waals surface area (Å²) in [6, 6.07) is 3.96. The fourth-order valence-corrected chi connectivity index (χ4v) is 3.94. The molecule has 7 nitrogen and oxygen atoms in total. The van der Waals surface area contributed by atoms with E-state index in [0.717, 1.165) is 29.1 Å². The molecule has 3 aromatic rings. The predicted molar refractivity (Wildman–Crippen MR) is 118 cm³/mol. The van der Waals surface area contributed by atoms with Gasteiger partial charge in [-0.1, -0.05) is 27.7 Å². The second-order valence-electron chi connectivity index (χ2n) is 8.22. The molecule has 0 saturated carbocycles. The van der Waals surface area contributed by atoms with Crippen LogP contribution in [-0.4, -0.2) is 57.1 Å². The van der Waals surface area contributed by atoms with Crippen molar-refractivity contribution in [1.82, 2.24) is 24.5 Å². The third kappa shape index (κ3) is 3.66. The summed E-state index contributed by atoms with van der Waals surface area (Å²) < 4.78 is 1.96. The zero-order valence-electron chi connectivity index (χ0n) is 18.6. The highest BCUT2D eigenvalue weighted by Crippen LogP contribution is 2.35. The topological polar surface area (TPSA) is 66.6 Å². The zero-order valence-corrected chi connectivity index (χ0v) is 18.6. The van der Waals surface area contributed by atoms with Gasteiger partial charge in [-0.25, -0.2) is 4.98 Å². The van der Waals surface area contributed by atoms with Crippen molar-refractivity contribution in [2.24, 2.45) is 5.92 Å². The largest absolute Gasteiger partial charge is 0.373 e. The zero-order chi connectivity index (χ0) is 21.3. The van der Waals surface area contributed by atoms with Crippen molar-refractivity contribution in [3.63, 3.8) is 0 Å². The summed E-state index contributed by atoms with van der Waals surface area (Å²) >= 11 is 0. The number of fused-ring (bicyclic) bond motifs is 3. The average molecular weight is 397 g/mol. The molecule has 0 aliphatic carbocycles. The van der Waals surface area contributed by atoms with Gasteiger partial charge in [0, 0.05) is 44.2 Å². The standard InChI is InChI=1S/C22H32N6O/c1-8-27(9-2)22(29)17-18(26(7)13-14(3)4)16-11-10-12-23-20(16)28-19(15(5)6)24-25-21(17)28/h10-12,14-15H,8-9,13H2,1-7H3. The molecule has 3 aromatic heterocycles. The highest BCUT2D eigenvalue weighted by molar-refractivity contribution is 6.12. The van der Waals surface area contributed by atoms with Crippen molar-refractivity contribution in [2.75, 3.05) is 31.6 Å². The molecule has 0 N–H and O–H groups in total. The van der Waals surface area contributed by atoms with E-state index in [-0.39, 0.29) is 11.8 Å². The molecule has 0 bridgehead atoms. The van der Waals surface area contributed by atoms with Gasteiger partial charge in [-0.15, -0.1) is 10.2 Å². The Balaban J connectivity index is 2.47. The monoisotopic (exact) mass is 396 g/mol. The minimum absolute atomic E-state index is 0.0148. The smallest absolute Gasteiger partial charge is 0.259 e. The van der Waals surface area contributed by atoms with Crippen molar-refractivity contribution in [2.45, 2.75) is 47.5 Å². The van der Waals surface area contributed by atoms with Gasteiger partial charge in [0.1, 0.15) is 17.0 Å². The van der Waals surface area contributed by atoms with E-state index in [1.807, 2.05) is 42.3 Å². The Morgan fingerprint density at radius 1 is 1.10 bits per heavy atom. The van der Waals surface area contributed by atoms with Crippen molar-refractivity contribution in [3.8, 4) is 0 Å². The number of pyridine rings is 2. The Kier molecular flexibility index (Phi) is 6.05. The summed E-state index contributed by atoms with van der Waals surface area (Å²) in [6.07, 6.45) is 1.78. The summed E-state index contributed by atoms with van der Waals surface area (Å²) in [5, 5.41) is 9.87. The first-order valence-electron chi connectivity index (χ1n) is 10.5. The number of hydrogen-bond donors (Lipinski definition) is 0. The Morgan fingerprint density at radius 2 is 1.79 bits per heavy atom. The third-order valence-electron chi connectivity index (χ3n) is 5.20. The maximum atomic E-state index is 13.7. The van der Waals surface area contributed by atoms with E-state index in [9.17, 15) is 4.79 Å². The van der Waals surface area contributed by atoms with Gasteiger partial charge in [0.15, 0.2) is 5.65 Å². The Labute approximate surface area is 172 Å². The molecule has 0 spiro atoms. The molecule has 0 aromatic carbocycles. The second kappa shape index (κ2) is 8.35. The molecule has 156 valence electrons. The lowest BCUT2D eigenvalue weighted by molar-refractivity contribution is 0.0775. The number of carbonyl (C=O) groups is 1. The fraction of sp³-hybridized carbons (Fsp3) is 0.545. The summed E-state index contributed by atoms with van der Waals surface area (Å²) in [4.78, 5) is 22.3. The lowest BCUT2D eigenvalue weighted by atomic mass is 10.1. The molecule has 0 atom stereocenters. The molecule has 0 aliphatic heterocycles. The van der Waals surface area contributed by atoms with Crippen LogP contribution in [0.2, 0.25) is 0 Å². The Morgan fingerprint density at radius 3 is 2.38 bits per heavy atom. The normalized spacial score (nSPS) is 11.8. The van der Waals surface area contributed by atoms with Crippen LogP contribution in [0.3, 0.4) is 0 Å². The number of amides is 1. The first-order valence-corrected chi connectivity index (χ1v) is 10.5. The van der Waals surface area contributed by atoms with Gasteiger partial charge in [0.05, 0.1) is 5.69 Å². The summed E-state index contributed by atoms with van der Waals surface area (Å²) in [5.41, 5.74) is 2.87. The number of aromatic nitrogens is 4. The first kappa shape index (κ1) is 21.0. The first-order chi connectivity index (χ1) is 13.8. The van der Waals surface area contributed by atoms with Gasteiger partial charge < -0.3 is 9.80 Å². The molecule has 3 rings (SSSR count). The van der Waals surface area contributed by atoms with Crippen LogP contribution < -0.4 is 4.90 Å². The van der Waals surface area contributed by atoms with E-state index in [0.29, 0.717) is 30.2 Å². The second-order valence-corrected chi connectivity index (χ2v) is 8.22. The van der Waals surface area contributed by atoms with Crippen LogP contribution in [0.25, 0.3) is 16.7 Å². The minimum Gasteiger partial charge on any atom is -0.373 e. The number of hydrogen-bond acceptors (Lipinski definition) is 5. The van der Waals surface area contributed by atoms with Crippen LogP contribution in [-0.2, 0) is 0 Å². The van der Waals surface area contributed by atoms with E-state index in [1.165, 1.54) is 0 Å². The molecule has 0 saturated heterocycles. The van der Waals surface area contributed by atoms with Gasteiger partial charge in [-0.05, 0) is 31.9 Å². The predicted octanol–water partition coefficient (Wildman–Crippen LogP) is 3.98. The maximum Gasteiger partial charge on any atom is 0.259 e. The van der Waals surface area contributed by atoms with Crippen molar-refractivity contribution < 1.29 is 4.79 Å². The summed E-state index contributed by atoms with van der Waals surface area (Å²) in [6.45, 7) is 14.6. The van der Waals surface area contributed by atoms with Gasteiger partial charge in [-0.3, -0.25) is 9.20 Å². The van der Waals surface area contributed by atoms with E-state index < -0.39 is 0 Å². The van der Waals surface area contributed by atoms with Crippen LogP contribution in [0, 0.1) is 5.92 Å². The highest BCUT2D eigenvalue weighted by Gasteiger charge is 2.29. The molecule has 0 unspecified atom stereocenters. The van der Waals surface area contributed by atoms with Crippen molar-refractivity contribution >= 4 is 28.3 Å². The molecule has 0 fully saturated rings. The molecular weight excluding hydrogens is 364 g/mol. The lowest BCUT2D eigenvalue weighted by Gasteiger charge is -2.28. The van der Waals surface area contributed by atoms with Crippen LogP contribution in [0.4, 0.5) is 5.69 Å². The average Bonchev–Trinajstić information content (AvgIpc) is 3.12. The van der Waals surface area contributed by atoms with Crippen molar-refractivity contribution in [1.29, 1.82) is 0 Å². The van der Waals surface area contributed by atoms with Crippen LogP contribution in [0.5, 0.6) is 0 Å². The van der Waals surface area contributed by atoms with E-state index in [2.05, 4.69) is 47.8 Å². The molecule has 7 heteroatoms. The van der Waals surface area contributed by atoms with Crippen LogP contribution >= 0.6 is 0 Å². The van der Waals surface area contributed by atoms with E-state index >= 15 is 0 Å². The molecule has 0 aliphatic rings. The maximum absolute atomic E-state index is 13.7. The SMILES string of the molecule is CCN(CC)C(=O)c1c(N(C)CC(C)C)c2cccnc2n2c(C(C)C)nnc12. The number of rotatable bonds is 7. The molecular formula is C22H32N6O. The van der Waals surface area contributed by atoms with E-state index in [4.69, 9.17) is 0 Å². The van der Waals surface area contributed by atoms with Crippen LogP contribution in [0.15, 0.2) is 18.3 Å². The minimum atomic E-state index is -0.0148. The quantitative estimate of drug-likeness (QED) is 0.604. The van der Waals surface area contributed by atoms with Gasteiger partial charge in [0.25, 0.3) is 5.91 Å². The van der Waals surface area contributed by atoms with E-state index in [1.54, 1.807) is 6.20 Å². The molecule has 0 radical (unpaired) electrons. The van der Waals surface area contributed by atoms with Crippen LogP contribution in [0.1, 0.15) is 63.6 Å². The Hall–Kier alpha value is -2.70. The summed E-state index contributed by atoms with van der Waals surface area (Å²) in [5.74, 6) is 1.41. The summed E-state index contributed by atoms with van der Waals surface area (Å²) in [7, 11) is 2.04. The molecule has 1 amide bonds. The third-order valence-corrected chi connectivity index (χ3v) is 5.20. The molecule has 29 heavy (non-hydrogen) atoms. The van der Waals surface area contributed by atoms with Crippen molar-refractivity contribution in [3.05, 3.63) is 29.7 Å². The fourth-order valence-electron chi connectivity index (χ4n) is 3.94. The lowest BCUT2D eigenvalue weighted by Crippen LogP contribution is -2.33. The highest BCUT2D eigenvalue weighted by atomic mass is 16.2. The molecule has 3 heterocycles. The number of nitrogens with zero attached hydrogens (tertiary/aromatic N) is 6. The number of carbonyl (C=O) groups excluding carboxylic acids is 1.